The minimum absolute atomic E-state index is 0.0389. The molecule has 18 heavy (non-hydrogen) atoms. The minimum atomic E-state index is -1.23. The molecule has 6 heteroatoms. The van der Waals surface area contributed by atoms with E-state index in [1.165, 1.54) is 30.7 Å². The fourth-order valence-electron chi connectivity index (χ4n) is 1.24. The number of hydrogen-bond acceptors (Lipinski definition) is 3. The van der Waals surface area contributed by atoms with Crippen molar-refractivity contribution in [1.82, 2.24) is 9.80 Å². The summed E-state index contributed by atoms with van der Waals surface area (Å²) in [5, 5.41) is 8.99. The Hall–Kier alpha value is -1.59. The Morgan fingerprint density at radius 2 is 1.44 bits per heavy atom. The minimum Gasteiger partial charge on any atom is -0.480 e. The van der Waals surface area contributed by atoms with Crippen LogP contribution < -0.4 is 0 Å². The van der Waals surface area contributed by atoms with Gasteiger partial charge in [0, 0.05) is 34.0 Å². The predicted octanol–water partition coefficient (Wildman–Crippen LogP) is 0.566. The molecule has 0 unspecified atom stereocenters. The van der Waals surface area contributed by atoms with Crippen LogP contribution in [0.4, 0.5) is 0 Å². The molecule has 0 radical (unpaired) electrons. The van der Waals surface area contributed by atoms with Crippen LogP contribution in [-0.2, 0) is 14.4 Å². The van der Waals surface area contributed by atoms with Gasteiger partial charge in [0.1, 0.15) is 5.54 Å². The molecule has 0 aromatic heterocycles. The summed E-state index contributed by atoms with van der Waals surface area (Å²) in [6.45, 7) is 2.94. The number of aliphatic carboxylic acids is 1. The van der Waals surface area contributed by atoms with Gasteiger partial charge in [0.25, 0.3) is 0 Å². The van der Waals surface area contributed by atoms with Crippen LogP contribution >= 0.6 is 0 Å². The van der Waals surface area contributed by atoms with E-state index in [0.717, 1.165) is 0 Å². The number of carbonyl (C=O) groups excluding carboxylic acids is 2. The average molecular weight is 258 g/mol. The second-order valence-electron chi connectivity index (χ2n) is 4.96. The number of nitrogens with zero attached hydrogens (tertiary/aromatic N) is 2. The van der Waals surface area contributed by atoms with Crippen LogP contribution in [0.3, 0.4) is 0 Å². The van der Waals surface area contributed by atoms with Crippen LogP contribution in [0.2, 0.25) is 0 Å². The predicted molar refractivity (Wildman–Crippen MR) is 67.0 cm³/mol. The van der Waals surface area contributed by atoms with Crippen LogP contribution in [0.5, 0.6) is 0 Å². The van der Waals surface area contributed by atoms with Gasteiger partial charge in [-0.15, -0.1) is 0 Å². The molecule has 0 aromatic carbocycles. The lowest BCUT2D eigenvalue weighted by atomic mass is 10.0. The van der Waals surface area contributed by atoms with Gasteiger partial charge in [-0.25, -0.2) is 4.79 Å². The van der Waals surface area contributed by atoms with Crippen molar-refractivity contribution >= 4 is 17.8 Å². The zero-order chi connectivity index (χ0) is 14.5. The summed E-state index contributed by atoms with van der Waals surface area (Å²) in [6, 6.07) is 0. The second-order valence-corrected chi connectivity index (χ2v) is 4.96. The summed E-state index contributed by atoms with van der Waals surface area (Å²) in [6.07, 6.45) is 0.892. The molecule has 0 aromatic rings. The first kappa shape index (κ1) is 16.4. The summed E-state index contributed by atoms with van der Waals surface area (Å²) >= 11 is 0. The smallest absolute Gasteiger partial charge is 0.329 e. The van der Waals surface area contributed by atoms with Crippen LogP contribution in [0.25, 0.3) is 0 Å². The monoisotopic (exact) mass is 258 g/mol. The Balaban J connectivity index is 4.27. The molecule has 6 nitrogen and oxygen atoms in total. The van der Waals surface area contributed by atoms with E-state index in [1.807, 2.05) is 0 Å². The molecule has 1 N–H and O–H groups in total. The van der Waals surface area contributed by atoms with E-state index in [4.69, 9.17) is 5.11 Å². The van der Waals surface area contributed by atoms with E-state index in [-0.39, 0.29) is 18.2 Å². The Morgan fingerprint density at radius 3 is 1.83 bits per heavy atom. The van der Waals surface area contributed by atoms with E-state index in [0.29, 0.717) is 12.8 Å². The number of amides is 2. The van der Waals surface area contributed by atoms with Crippen LogP contribution in [-0.4, -0.2) is 59.4 Å². The highest BCUT2D eigenvalue weighted by Gasteiger charge is 2.34. The van der Waals surface area contributed by atoms with Gasteiger partial charge < -0.3 is 14.9 Å². The van der Waals surface area contributed by atoms with Crippen LogP contribution in [0, 0.1) is 0 Å². The first-order valence-electron chi connectivity index (χ1n) is 5.81. The number of likely N-dealkylation sites (N-methyl/N-ethyl adjacent to an activating group) is 1. The third-order valence-corrected chi connectivity index (χ3v) is 3.02. The van der Waals surface area contributed by atoms with Crippen LogP contribution in [0.1, 0.15) is 33.1 Å². The van der Waals surface area contributed by atoms with Gasteiger partial charge in [-0.05, 0) is 20.3 Å². The molecule has 0 fully saturated rings. The summed E-state index contributed by atoms with van der Waals surface area (Å²) in [4.78, 5) is 36.7. The zero-order valence-corrected chi connectivity index (χ0v) is 11.7. The molecule has 104 valence electrons. The Bertz CT molecular complexity index is 337. The first-order valence-corrected chi connectivity index (χ1v) is 5.81. The van der Waals surface area contributed by atoms with Crippen LogP contribution in [0.15, 0.2) is 0 Å². The van der Waals surface area contributed by atoms with Gasteiger partial charge in [0.05, 0.1) is 0 Å². The standard InChI is InChI=1S/C12H22N2O4/c1-12(2,11(17)18)14(5)10(16)8-6-7-9(15)13(3)4/h6-8H2,1-5H3,(H,17,18). The van der Waals surface area contributed by atoms with Crippen molar-refractivity contribution in [2.24, 2.45) is 0 Å². The maximum absolute atomic E-state index is 11.8. The topological polar surface area (TPSA) is 77.9 Å². The molecule has 0 saturated heterocycles. The van der Waals surface area contributed by atoms with E-state index in [2.05, 4.69) is 0 Å². The van der Waals surface area contributed by atoms with Crippen molar-refractivity contribution in [3.8, 4) is 0 Å². The summed E-state index contributed by atoms with van der Waals surface area (Å²) in [5.74, 6) is -1.36. The van der Waals surface area contributed by atoms with Gasteiger partial charge >= 0.3 is 5.97 Å². The summed E-state index contributed by atoms with van der Waals surface area (Å²) < 4.78 is 0. The lowest BCUT2D eigenvalue weighted by Gasteiger charge is -2.31. The van der Waals surface area contributed by atoms with Crippen molar-refractivity contribution in [3.05, 3.63) is 0 Å². The van der Waals surface area contributed by atoms with Gasteiger partial charge in [0.2, 0.25) is 11.8 Å². The molecule has 0 aliphatic rings. The fourth-order valence-corrected chi connectivity index (χ4v) is 1.24. The van der Waals surface area contributed by atoms with Gasteiger partial charge in [-0.2, -0.15) is 0 Å². The van der Waals surface area contributed by atoms with Gasteiger partial charge in [-0.3, -0.25) is 9.59 Å². The number of hydrogen-bond donors (Lipinski definition) is 1. The van der Waals surface area contributed by atoms with Crippen molar-refractivity contribution in [2.75, 3.05) is 21.1 Å². The molecular weight excluding hydrogens is 236 g/mol. The molecule has 0 rings (SSSR count). The third kappa shape index (κ3) is 4.35. The Kier molecular flexibility index (Phi) is 5.81. The van der Waals surface area contributed by atoms with Crippen molar-refractivity contribution in [2.45, 2.75) is 38.6 Å². The molecule has 0 aliphatic carbocycles. The Morgan fingerprint density at radius 1 is 1.00 bits per heavy atom. The largest absolute Gasteiger partial charge is 0.480 e. The molecule has 0 spiro atoms. The number of carboxylic acids is 1. The molecule has 0 saturated carbocycles. The third-order valence-electron chi connectivity index (χ3n) is 3.02. The molecule has 0 bridgehead atoms. The fraction of sp³-hybridized carbons (Fsp3) is 0.750. The maximum atomic E-state index is 11.8. The highest BCUT2D eigenvalue weighted by atomic mass is 16.4. The normalized spacial score (nSPS) is 10.9. The number of carboxylic acid groups (broad SMARTS) is 1. The van der Waals surface area contributed by atoms with Crippen molar-refractivity contribution in [1.29, 1.82) is 0 Å². The Labute approximate surface area is 108 Å². The van der Waals surface area contributed by atoms with Gasteiger partial charge in [0.15, 0.2) is 0 Å². The molecule has 2 amide bonds. The lowest BCUT2D eigenvalue weighted by molar-refractivity contribution is -0.155. The van der Waals surface area contributed by atoms with E-state index < -0.39 is 11.5 Å². The number of rotatable bonds is 6. The maximum Gasteiger partial charge on any atom is 0.329 e. The molecule has 0 heterocycles. The van der Waals surface area contributed by atoms with Crippen molar-refractivity contribution < 1.29 is 19.5 Å². The first-order chi connectivity index (χ1) is 8.10. The zero-order valence-electron chi connectivity index (χ0n) is 11.7. The van der Waals surface area contributed by atoms with Gasteiger partial charge in [-0.1, -0.05) is 0 Å². The number of carbonyl (C=O) groups is 3. The van der Waals surface area contributed by atoms with E-state index >= 15 is 0 Å². The van der Waals surface area contributed by atoms with Crippen molar-refractivity contribution in [3.63, 3.8) is 0 Å². The highest BCUT2D eigenvalue weighted by Crippen LogP contribution is 2.14. The summed E-state index contributed by atoms with van der Waals surface area (Å²) in [5.41, 5.74) is -1.23. The van der Waals surface area contributed by atoms with E-state index in [1.54, 1.807) is 14.1 Å². The average Bonchev–Trinajstić information content (AvgIpc) is 2.26. The van der Waals surface area contributed by atoms with E-state index in [9.17, 15) is 14.4 Å². The lowest BCUT2D eigenvalue weighted by Crippen LogP contribution is -2.50. The molecule has 0 atom stereocenters. The summed E-state index contributed by atoms with van der Waals surface area (Å²) in [7, 11) is 4.78. The molecular formula is C12H22N2O4. The second kappa shape index (κ2) is 6.37. The molecule has 0 aliphatic heterocycles. The highest BCUT2D eigenvalue weighted by molar-refractivity contribution is 5.86. The quantitative estimate of drug-likeness (QED) is 0.755. The SMILES string of the molecule is CN(C)C(=O)CCCC(=O)N(C)C(C)(C)C(=O)O.